The third kappa shape index (κ3) is 4.86. The van der Waals surface area contributed by atoms with Gasteiger partial charge in [0.15, 0.2) is 9.84 Å². The normalized spacial score (nSPS) is 15.8. The summed E-state index contributed by atoms with van der Waals surface area (Å²) in [5.74, 6) is 0.792. The third-order valence-corrected chi connectivity index (χ3v) is 6.45. The summed E-state index contributed by atoms with van der Waals surface area (Å²) < 4.78 is 29.0. The van der Waals surface area contributed by atoms with Crippen LogP contribution in [0.25, 0.3) is 0 Å². The highest BCUT2D eigenvalue weighted by atomic mass is 32.2. The van der Waals surface area contributed by atoms with Gasteiger partial charge in [0.05, 0.1) is 42.1 Å². The van der Waals surface area contributed by atoms with Crippen LogP contribution in [0.5, 0.6) is 5.75 Å². The molecule has 0 amide bonds. The van der Waals surface area contributed by atoms with E-state index in [1.54, 1.807) is 7.11 Å². The van der Waals surface area contributed by atoms with Crippen molar-refractivity contribution in [1.82, 2.24) is 0 Å². The fourth-order valence-electron chi connectivity index (χ4n) is 3.86. The second-order valence-corrected chi connectivity index (χ2v) is 9.26. The zero-order chi connectivity index (χ0) is 21.0. The summed E-state index contributed by atoms with van der Waals surface area (Å²) in [5.41, 5.74) is 1.11. The lowest BCUT2D eigenvalue weighted by molar-refractivity contribution is -0.917. The van der Waals surface area contributed by atoms with E-state index in [0.29, 0.717) is 12.2 Å². The number of quaternary nitrogens is 1. The van der Waals surface area contributed by atoms with E-state index in [1.807, 2.05) is 24.3 Å². The minimum Gasteiger partial charge on any atom is -0.496 e. The molecule has 1 saturated heterocycles. The molecule has 1 aliphatic rings. The van der Waals surface area contributed by atoms with Crippen molar-refractivity contribution < 1.29 is 23.0 Å². The molecule has 0 aromatic heterocycles. The van der Waals surface area contributed by atoms with Gasteiger partial charge in [0.25, 0.3) is 5.69 Å². The molecule has 8 nitrogen and oxygen atoms in total. The van der Waals surface area contributed by atoms with Gasteiger partial charge in [-0.1, -0.05) is 12.1 Å². The molecule has 2 aromatic carbocycles. The van der Waals surface area contributed by atoms with E-state index >= 15 is 0 Å². The molecule has 156 valence electrons. The molecule has 0 unspecified atom stereocenters. The van der Waals surface area contributed by atoms with Crippen LogP contribution in [0.3, 0.4) is 0 Å². The first-order valence-electron chi connectivity index (χ1n) is 9.51. The molecule has 1 fully saturated rings. The van der Waals surface area contributed by atoms with E-state index in [4.69, 9.17) is 4.74 Å². The fourth-order valence-corrected chi connectivity index (χ4v) is 4.50. The number of anilines is 1. The Balaban J connectivity index is 1.91. The van der Waals surface area contributed by atoms with Gasteiger partial charge in [0.2, 0.25) is 0 Å². The van der Waals surface area contributed by atoms with Gasteiger partial charge in [-0.15, -0.1) is 0 Å². The second kappa shape index (κ2) is 8.79. The van der Waals surface area contributed by atoms with Crippen LogP contribution in [0.15, 0.2) is 47.4 Å². The molecule has 1 heterocycles. The van der Waals surface area contributed by atoms with Gasteiger partial charge in [-0.05, 0) is 24.3 Å². The third-order valence-electron chi connectivity index (χ3n) is 5.34. The van der Waals surface area contributed by atoms with Crippen LogP contribution < -0.4 is 15.0 Å². The topological polar surface area (TPSA) is 103 Å². The molecule has 0 aliphatic carbocycles. The van der Waals surface area contributed by atoms with E-state index in [-0.39, 0.29) is 16.6 Å². The van der Waals surface area contributed by atoms with E-state index in [0.717, 1.165) is 49.6 Å². The lowest BCUT2D eigenvalue weighted by Gasteiger charge is -2.27. The maximum absolute atomic E-state index is 11.8. The van der Waals surface area contributed by atoms with Crippen molar-refractivity contribution in [2.75, 3.05) is 38.3 Å². The smallest absolute Gasteiger partial charge is 0.293 e. The minimum absolute atomic E-state index is 0.0582. The van der Waals surface area contributed by atoms with Crippen molar-refractivity contribution in [2.24, 2.45) is 0 Å². The molecular formula is C20H26N3O5S+. The van der Waals surface area contributed by atoms with Crippen molar-refractivity contribution in [1.29, 1.82) is 0 Å². The average molecular weight is 421 g/mol. The molecule has 0 radical (unpaired) electrons. The summed E-state index contributed by atoms with van der Waals surface area (Å²) in [6.45, 7) is 2.52. The van der Waals surface area contributed by atoms with Crippen LogP contribution >= 0.6 is 0 Å². The minimum atomic E-state index is -3.52. The van der Waals surface area contributed by atoms with E-state index in [1.165, 1.54) is 17.0 Å². The molecule has 3 rings (SSSR count). The number of hydrogen-bond acceptors (Lipinski definition) is 6. The van der Waals surface area contributed by atoms with Crippen LogP contribution in [0.4, 0.5) is 11.4 Å². The largest absolute Gasteiger partial charge is 0.496 e. The molecule has 2 N–H and O–H groups in total. The number of rotatable bonds is 8. The quantitative estimate of drug-likeness (QED) is 0.499. The average Bonchev–Trinajstić information content (AvgIpc) is 3.22. The van der Waals surface area contributed by atoms with Crippen molar-refractivity contribution in [3.8, 4) is 5.75 Å². The fraction of sp³-hybridized carbons (Fsp3) is 0.400. The maximum atomic E-state index is 11.8. The summed E-state index contributed by atoms with van der Waals surface area (Å²) in [5, 5.41) is 14.7. The molecule has 0 saturated carbocycles. The zero-order valence-electron chi connectivity index (χ0n) is 16.6. The van der Waals surface area contributed by atoms with Crippen molar-refractivity contribution in [3.63, 3.8) is 0 Å². The highest BCUT2D eigenvalue weighted by Gasteiger charge is 2.30. The molecule has 0 spiro atoms. The van der Waals surface area contributed by atoms with Crippen LogP contribution in [0, 0.1) is 10.1 Å². The second-order valence-electron chi connectivity index (χ2n) is 7.25. The molecule has 0 bridgehead atoms. The number of nitrogens with zero attached hydrogens (tertiary/aromatic N) is 1. The number of nitrogens with one attached hydrogen (secondary N) is 2. The monoisotopic (exact) mass is 420 g/mol. The predicted octanol–water partition coefficient (Wildman–Crippen LogP) is 1.84. The first-order chi connectivity index (χ1) is 13.8. The van der Waals surface area contributed by atoms with Gasteiger partial charge in [-0.25, -0.2) is 8.42 Å². The lowest BCUT2D eigenvalue weighted by atomic mass is 10.0. The Morgan fingerprint density at radius 3 is 2.52 bits per heavy atom. The van der Waals surface area contributed by atoms with Crippen molar-refractivity contribution in [2.45, 2.75) is 23.8 Å². The molecule has 1 aliphatic heterocycles. The number of para-hydroxylation sites is 1. The van der Waals surface area contributed by atoms with Gasteiger partial charge in [0.1, 0.15) is 17.5 Å². The Morgan fingerprint density at radius 1 is 1.21 bits per heavy atom. The van der Waals surface area contributed by atoms with Gasteiger partial charge in [-0.3, -0.25) is 10.1 Å². The van der Waals surface area contributed by atoms with E-state index in [9.17, 15) is 18.5 Å². The number of nitro benzene ring substituents is 1. The van der Waals surface area contributed by atoms with Crippen molar-refractivity contribution >= 4 is 21.2 Å². The SMILES string of the molecule is COc1ccccc1[C@@H](CNc1ccc(S(C)(=O)=O)cc1[N+](=O)[O-])[NH+]1CCCC1. The summed E-state index contributed by atoms with van der Waals surface area (Å²) in [6.07, 6.45) is 3.32. The molecular weight excluding hydrogens is 394 g/mol. The van der Waals surface area contributed by atoms with Crippen LogP contribution in [0.1, 0.15) is 24.4 Å². The predicted molar refractivity (Wildman–Crippen MR) is 110 cm³/mol. The Bertz CT molecular complexity index is 987. The number of sulfone groups is 1. The van der Waals surface area contributed by atoms with E-state index < -0.39 is 14.8 Å². The Kier molecular flexibility index (Phi) is 6.39. The van der Waals surface area contributed by atoms with Crippen molar-refractivity contribution in [3.05, 3.63) is 58.1 Å². The number of likely N-dealkylation sites (tertiary alicyclic amines) is 1. The number of ether oxygens (including phenoxy) is 1. The first-order valence-corrected chi connectivity index (χ1v) is 11.4. The zero-order valence-corrected chi connectivity index (χ0v) is 17.4. The number of methoxy groups -OCH3 is 1. The van der Waals surface area contributed by atoms with E-state index in [2.05, 4.69) is 5.32 Å². The standard InChI is InChI=1S/C20H25N3O5S/c1-28-20-8-4-3-7-16(20)19(22-11-5-6-12-22)14-21-17-10-9-15(29(2,26)27)13-18(17)23(24)25/h3-4,7-10,13,19,21H,5-6,11-12,14H2,1-2H3/p+1/t19-/m1/s1. The lowest BCUT2D eigenvalue weighted by Crippen LogP contribution is -3.11. The highest BCUT2D eigenvalue weighted by molar-refractivity contribution is 7.90. The van der Waals surface area contributed by atoms with Gasteiger partial charge in [-0.2, -0.15) is 0 Å². The molecule has 2 aromatic rings. The Hall–Kier alpha value is -2.65. The number of hydrogen-bond donors (Lipinski definition) is 2. The molecule has 29 heavy (non-hydrogen) atoms. The Morgan fingerprint density at radius 2 is 1.90 bits per heavy atom. The van der Waals surface area contributed by atoms with Crippen LogP contribution in [-0.4, -0.2) is 46.3 Å². The number of benzene rings is 2. The maximum Gasteiger partial charge on any atom is 0.293 e. The Labute approximate surface area is 170 Å². The first kappa shape index (κ1) is 21.1. The summed E-state index contributed by atoms with van der Waals surface area (Å²) in [4.78, 5) is 12.3. The summed E-state index contributed by atoms with van der Waals surface area (Å²) >= 11 is 0. The molecule has 1 atom stereocenters. The number of nitro groups is 1. The van der Waals surface area contributed by atoms with Gasteiger partial charge in [0, 0.05) is 25.2 Å². The summed E-state index contributed by atoms with van der Waals surface area (Å²) in [7, 11) is -1.89. The summed E-state index contributed by atoms with van der Waals surface area (Å²) in [6, 6.07) is 11.9. The van der Waals surface area contributed by atoms with Gasteiger partial charge >= 0.3 is 0 Å². The van der Waals surface area contributed by atoms with Gasteiger partial charge < -0.3 is 15.0 Å². The van der Waals surface area contributed by atoms with Crippen LogP contribution in [0.2, 0.25) is 0 Å². The van der Waals surface area contributed by atoms with Crippen LogP contribution in [-0.2, 0) is 9.84 Å². The molecule has 9 heteroatoms. The highest BCUT2D eigenvalue weighted by Crippen LogP contribution is 2.29.